The highest BCUT2D eigenvalue weighted by Gasteiger charge is 2.47. The first-order chi connectivity index (χ1) is 13.3. The van der Waals surface area contributed by atoms with E-state index in [2.05, 4.69) is 58.3 Å². The van der Waals surface area contributed by atoms with Crippen molar-refractivity contribution in [2.45, 2.75) is 105 Å². The molecule has 0 bridgehead atoms. The van der Waals surface area contributed by atoms with Crippen molar-refractivity contribution in [3.05, 3.63) is 0 Å². The molecule has 0 saturated heterocycles. The number of unbranched alkanes of at least 4 members (excludes halogenated alkanes) is 5. The summed E-state index contributed by atoms with van der Waals surface area (Å²) in [6, 6.07) is 0.236. The lowest BCUT2D eigenvalue weighted by atomic mass is 9.98. The van der Waals surface area contributed by atoms with E-state index in [4.69, 9.17) is 9.47 Å². The molecule has 0 heterocycles. The first-order valence-electron chi connectivity index (χ1n) is 11.9. The third-order valence-corrected chi connectivity index (χ3v) is 5.69. The van der Waals surface area contributed by atoms with Gasteiger partial charge in [-0.05, 0) is 24.8 Å². The minimum absolute atomic E-state index is 0.236. The summed E-state index contributed by atoms with van der Waals surface area (Å²) in [6.45, 7) is 19.9. The van der Waals surface area contributed by atoms with Gasteiger partial charge in [-0.25, -0.2) is 0 Å². The SMILES string of the molecule is CCCCCCCCC(N(CC)CC(C)C)C(OC)(OC)N(CC)CC(C)C. The Bertz CT molecular complexity index is 357. The molecule has 0 rings (SSSR count). The van der Waals surface area contributed by atoms with Crippen LogP contribution in [0, 0.1) is 11.8 Å². The summed E-state index contributed by atoms with van der Waals surface area (Å²) < 4.78 is 12.5. The summed E-state index contributed by atoms with van der Waals surface area (Å²) in [4.78, 5) is 5.00. The van der Waals surface area contributed by atoms with Crippen LogP contribution in [0.3, 0.4) is 0 Å². The number of hydrogen-bond acceptors (Lipinski definition) is 4. The fraction of sp³-hybridized carbons (Fsp3) is 1.00. The van der Waals surface area contributed by atoms with E-state index < -0.39 is 5.91 Å². The van der Waals surface area contributed by atoms with Crippen LogP contribution < -0.4 is 0 Å². The van der Waals surface area contributed by atoms with Crippen molar-refractivity contribution in [2.24, 2.45) is 11.8 Å². The zero-order chi connectivity index (χ0) is 21.6. The van der Waals surface area contributed by atoms with Crippen molar-refractivity contribution in [3.8, 4) is 0 Å². The maximum Gasteiger partial charge on any atom is 0.245 e. The van der Waals surface area contributed by atoms with Crippen LogP contribution in [0.25, 0.3) is 0 Å². The summed E-state index contributed by atoms with van der Waals surface area (Å²) >= 11 is 0. The van der Waals surface area contributed by atoms with Gasteiger partial charge in [-0.1, -0.05) is 87.0 Å². The van der Waals surface area contributed by atoms with E-state index in [1.807, 2.05) is 14.2 Å². The molecule has 1 unspecified atom stereocenters. The molecule has 0 aliphatic carbocycles. The molecular weight excluding hydrogens is 348 g/mol. The Morgan fingerprint density at radius 3 is 1.68 bits per heavy atom. The van der Waals surface area contributed by atoms with Crippen LogP contribution in [-0.2, 0) is 9.47 Å². The molecule has 0 aromatic heterocycles. The van der Waals surface area contributed by atoms with Crippen molar-refractivity contribution in [2.75, 3.05) is 40.4 Å². The first kappa shape index (κ1) is 27.8. The van der Waals surface area contributed by atoms with Gasteiger partial charge in [-0.3, -0.25) is 9.80 Å². The van der Waals surface area contributed by atoms with Gasteiger partial charge in [0, 0.05) is 33.9 Å². The summed E-state index contributed by atoms with van der Waals surface area (Å²) in [6.07, 6.45) is 9.01. The smallest absolute Gasteiger partial charge is 0.245 e. The Hall–Kier alpha value is -0.160. The summed E-state index contributed by atoms with van der Waals surface area (Å²) in [5, 5.41) is 0. The quantitative estimate of drug-likeness (QED) is 0.208. The highest BCUT2D eigenvalue weighted by Crippen LogP contribution is 2.31. The van der Waals surface area contributed by atoms with Gasteiger partial charge in [-0.15, -0.1) is 0 Å². The summed E-state index contributed by atoms with van der Waals surface area (Å²) in [5.74, 6) is 0.506. The molecule has 4 heteroatoms. The molecule has 4 nitrogen and oxygen atoms in total. The van der Waals surface area contributed by atoms with Crippen LogP contribution in [0.1, 0.15) is 93.4 Å². The fourth-order valence-electron chi connectivity index (χ4n) is 4.40. The Labute approximate surface area is 177 Å². The summed E-state index contributed by atoms with van der Waals surface area (Å²) in [5.41, 5.74) is 0. The Kier molecular flexibility index (Phi) is 15.6. The first-order valence-corrected chi connectivity index (χ1v) is 11.9. The number of hydrogen-bond donors (Lipinski definition) is 0. The lowest BCUT2D eigenvalue weighted by Crippen LogP contribution is -2.65. The second-order valence-electron chi connectivity index (χ2n) is 9.03. The molecule has 0 aromatic rings. The maximum absolute atomic E-state index is 6.23. The van der Waals surface area contributed by atoms with Gasteiger partial charge < -0.3 is 9.47 Å². The molecule has 0 fully saturated rings. The van der Waals surface area contributed by atoms with Crippen molar-refractivity contribution in [1.29, 1.82) is 0 Å². The molecule has 0 aliphatic rings. The highest BCUT2D eigenvalue weighted by atomic mass is 16.7. The van der Waals surface area contributed by atoms with Crippen molar-refractivity contribution >= 4 is 0 Å². The Morgan fingerprint density at radius 2 is 1.25 bits per heavy atom. The molecule has 28 heavy (non-hydrogen) atoms. The van der Waals surface area contributed by atoms with Gasteiger partial charge in [0.05, 0.1) is 6.04 Å². The molecule has 0 radical (unpaired) electrons. The maximum atomic E-state index is 6.23. The number of nitrogens with zero attached hydrogens (tertiary/aromatic N) is 2. The third-order valence-electron chi connectivity index (χ3n) is 5.69. The standard InChI is InChI=1S/C24H52N2O2/c1-10-13-14-15-16-17-18-23(25(11-2)19-21(4)5)24(27-8,28-9)26(12-3)20-22(6)7/h21-23H,10-20H2,1-9H3. The molecule has 0 aromatic carbocycles. The lowest BCUT2D eigenvalue weighted by Gasteiger charge is -2.50. The Balaban J connectivity index is 5.56. The number of rotatable bonds is 18. The molecule has 0 N–H and O–H groups in total. The van der Waals surface area contributed by atoms with Crippen molar-refractivity contribution < 1.29 is 9.47 Å². The van der Waals surface area contributed by atoms with Crippen LogP contribution in [0.4, 0.5) is 0 Å². The molecule has 1 atom stereocenters. The predicted octanol–water partition coefficient (Wildman–Crippen LogP) is 6.01. The molecule has 0 aliphatic heterocycles. The molecule has 0 saturated carbocycles. The zero-order valence-electron chi connectivity index (χ0n) is 20.7. The number of methoxy groups -OCH3 is 2. The normalized spacial score (nSPS) is 14.0. The van der Waals surface area contributed by atoms with E-state index in [1.54, 1.807) is 0 Å². The third kappa shape index (κ3) is 9.11. The average Bonchev–Trinajstić information content (AvgIpc) is 2.66. The Morgan fingerprint density at radius 1 is 0.714 bits per heavy atom. The number of ether oxygens (including phenoxy) is 2. The molecular formula is C24H52N2O2. The minimum atomic E-state index is -0.687. The molecule has 0 amide bonds. The van der Waals surface area contributed by atoms with Gasteiger partial charge in [0.25, 0.3) is 0 Å². The van der Waals surface area contributed by atoms with Crippen LogP contribution >= 0.6 is 0 Å². The van der Waals surface area contributed by atoms with Gasteiger partial charge in [-0.2, -0.15) is 0 Å². The molecule has 170 valence electrons. The van der Waals surface area contributed by atoms with E-state index >= 15 is 0 Å². The van der Waals surface area contributed by atoms with E-state index in [-0.39, 0.29) is 6.04 Å². The van der Waals surface area contributed by atoms with Crippen molar-refractivity contribution in [1.82, 2.24) is 9.80 Å². The van der Waals surface area contributed by atoms with E-state index in [0.29, 0.717) is 11.8 Å². The second-order valence-corrected chi connectivity index (χ2v) is 9.03. The predicted molar refractivity (Wildman–Crippen MR) is 123 cm³/mol. The van der Waals surface area contributed by atoms with E-state index in [9.17, 15) is 0 Å². The second kappa shape index (κ2) is 15.6. The van der Waals surface area contributed by atoms with Crippen LogP contribution in [0.5, 0.6) is 0 Å². The van der Waals surface area contributed by atoms with Crippen LogP contribution in [0.15, 0.2) is 0 Å². The topological polar surface area (TPSA) is 24.9 Å². The summed E-state index contributed by atoms with van der Waals surface area (Å²) in [7, 11) is 3.65. The fourth-order valence-corrected chi connectivity index (χ4v) is 4.40. The zero-order valence-corrected chi connectivity index (χ0v) is 20.7. The monoisotopic (exact) mass is 400 g/mol. The van der Waals surface area contributed by atoms with Crippen molar-refractivity contribution in [3.63, 3.8) is 0 Å². The van der Waals surface area contributed by atoms with Gasteiger partial charge in [0.2, 0.25) is 5.91 Å². The largest absolute Gasteiger partial charge is 0.339 e. The van der Waals surface area contributed by atoms with Gasteiger partial charge in [0.15, 0.2) is 0 Å². The van der Waals surface area contributed by atoms with Crippen LogP contribution in [0.2, 0.25) is 0 Å². The van der Waals surface area contributed by atoms with E-state index in [1.165, 1.54) is 38.5 Å². The van der Waals surface area contributed by atoms with Gasteiger partial charge >= 0.3 is 0 Å². The molecule has 0 spiro atoms. The van der Waals surface area contributed by atoms with E-state index in [0.717, 1.165) is 32.6 Å². The number of likely N-dealkylation sites (N-methyl/N-ethyl adjacent to an activating group) is 2. The van der Waals surface area contributed by atoms with Crippen LogP contribution in [-0.4, -0.2) is 62.2 Å². The minimum Gasteiger partial charge on any atom is -0.339 e. The highest BCUT2D eigenvalue weighted by molar-refractivity contribution is 4.88. The lowest BCUT2D eigenvalue weighted by molar-refractivity contribution is -0.327. The van der Waals surface area contributed by atoms with Gasteiger partial charge in [0.1, 0.15) is 0 Å². The average molecular weight is 401 g/mol.